The molecule has 3 aromatic rings. The lowest BCUT2D eigenvalue weighted by molar-refractivity contribution is -0.142. The first-order valence-corrected chi connectivity index (χ1v) is 13.7. The number of carboxylic acids is 1. The number of rotatable bonds is 8. The first kappa shape index (κ1) is 28.9. The van der Waals surface area contributed by atoms with E-state index >= 15 is 0 Å². The molecule has 2 saturated heterocycles. The quantitative estimate of drug-likeness (QED) is 0.398. The third-order valence-corrected chi connectivity index (χ3v) is 7.32. The number of carbonyl (C=O) groups is 1. The van der Waals surface area contributed by atoms with Gasteiger partial charge < -0.3 is 28.8 Å². The average molecular weight is 541 g/mol. The van der Waals surface area contributed by atoms with E-state index in [4.69, 9.17) is 14.5 Å². The van der Waals surface area contributed by atoms with E-state index < -0.39 is 18.1 Å². The molecular weight excluding hydrogens is 500 g/mol. The van der Waals surface area contributed by atoms with Crippen molar-refractivity contribution in [2.45, 2.75) is 64.8 Å². The Morgan fingerprint density at radius 3 is 2.44 bits per heavy atom. The molecule has 2 atom stereocenters. The van der Waals surface area contributed by atoms with E-state index in [-0.39, 0.29) is 5.56 Å². The monoisotopic (exact) mass is 540 g/mol. The zero-order chi connectivity index (χ0) is 27.9. The largest absolute Gasteiger partial charge is 0.480 e. The summed E-state index contributed by atoms with van der Waals surface area (Å²) >= 11 is 0. The maximum atomic E-state index is 12.2. The first-order valence-electron chi connectivity index (χ1n) is 13.7. The minimum atomic E-state index is -1.09. The van der Waals surface area contributed by atoms with E-state index in [1.165, 1.54) is 19.8 Å². The van der Waals surface area contributed by atoms with Gasteiger partial charge in [0.05, 0.1) is 17.1 Å². The molecule has 4 heterocycles. The number of aryl methyl sites for hydroxylation is 2. The zero-order valence-electron chi connectivity index (χ0n) is 23.1. The number of hydrogen-bond donors (Lipinski definition) is 3. The molecule has 10 heteroatoms. The van der Waals surface area contributed by atoms with Crippen molar-refractivity contribution in [3.8, 4) is 11.4 Å². The molecule has 0 spiro atoms. The molecule has 0 saturated carbocycles. The Morgan fingerprint density at radius 2 is 1.85 bits per heavy atom. The van der Waals surface area contributed by atoms with E-state index in [1.807, 2.05) is 37.4 Å². The topological polar surface area (TPSA) is 128 Å². The van der Waals surface area contributed by atoms with Gasteiger partial charge in [-0.2, -0.15) is 0 Å². The van der Waals surface area contributed by atoms with Crippen molar-refractivity contribution in [3.05, 3.63) is 51.9 Å². The van der Waals surface area contributed by atoms with Gasteiger partial charge in [0.2, 0.25) is 0 Å². The van der Waals surface area contributed by atoms with Crippen molar-refractivity contribution < 1.29 is 24.5 Å². The number of aliphatic hydroxyl groups is 1. The zero-order valence-corrected chi connectivity index (χ0v) is 23.1. The second-order valence-corrected chi connectivity index (χ2v) is 10.5. The fourth-order valence-electron chi connectivity index (χ4n) is 5.08. The normalized spacial score (nSPS) is 17.5. The smallest absolute Gasteiger partial charge is 0.323 e. The molecule has 2 aliphatic rings. The maximum Gasteiger partial charge on any atom is 0.323 e. The molecule has 0 amide bonds. The first-order chi connectivity index (χ1) is 18.7. The molecular formula is C29H40N4O6. The molecule has 1 aromatic carbocycles. The molecule has 0 bridgehead atoms. The van der Waals surface area contributed by atoms with E-state index in [2.05, 4.69) is 9.88 Å². The van der Waals surface area contributed by atoms with Crippen LogP contribution in [0.15, 0.2) is 35.3 Å². The third-order valence-electron chi connectivity index (χ3n) is 7.32. The average Bonchev–Trinajstić information content (AvgIpc) is 3.60. The summed E-state index contributed by atoms with van der Waals surface area (Å²) in [6.45, 7) is 7.87. The fraction of sp³-hybridized carbons (Fsp3) is 0.552. The highest BCUT2D eigenvalue weighted by molar-refractivity contribution is 5.81. The molecule has 2 fully saturated rings. The maximum absolute atomic E-state index is 12.2. The summed E-state index contributed by atoms with van der Waals surface area (Å²) in [6.07, 6.45) is 5.34. The van der Waals surface area contributed by atoms with Crippen LogP contribution in [0.25, 0.3) is 22.4 Å². The number of pyridine rings is 1. The standard InChI is InChI=1S/C25H32N4O5.C4H8O/c1-15-10-19(14-28(3)24(15)31)23-27-20-11-18(12-26-22(16(2)30)25(32)33)4-5-21(20)29(23)13-17-6-8-34-9-7-17;1-2-4-5-3-1/h4-5,10-11,14,16-17,22,26,30H,6-9,12-13H2,1-3H3,(H,32,33);1-4H2/t16?,22-;/m0./s1. The lowest BCUT2D eigenvalue weighted by Gasteiger charge is -2.23. The van der Waals surface area contributed by atoms with Gasteiger partial charge in [-0.1, -0.05) is 6.07 Å². The van der Waals surface area contributed by atoms with Crippen LogP contribution in [0.5, 0.6) is 0 Å². The lowest BCUT2D eigenvalue weighted by Crippen LogP contribution is -2.44. The van der Waals surface area contributed by atoms with E-state index in [9.17, 15) is 19.8 Å². The Morgan fingerprint density at radius 1 is 1.15 bits per heavy atom. The molecule has 212 valence electrons. The van der Waals surface area contributed by atoms with Gasteiger partial charge in [-0.25, -0.2) is 4.98 Å². The van der Waals surface area contributed by atoms with Crippen molar-refractivity contribution >= 4 is 17.0 Å². The number of aliphatic carboxylic acids is 1. The molecule has 1 unspecified atom stereocenters. The number of ether oxygens (including phenoxy) is 2. The van der Waals surface area contributed by atoms with Crippen molar-refractivity contribution in [3.63, 3.8) is 0 Å². The predicted molar refractivity (Wildman–Crippen MR) is 149 cm³/mol. The number of hydrogen-bond acceptors (Lipinski definition) is 7. The summed E-state index contributed by atoms with van der Waals surface area (Å²) in [5, 5.41) is 21.9. The summed E-state index contributed by atoms with van der Waals surface area (Å²) in [5.74, 6) is 0.184. The van der Waals surface area contributed by atoms with Gasteiger partial charge in [-0.15, -0.1) is 0 Å². The van der Waals surface area contributed by atoms with E-state index in [0.29, 0.717) is 18.0 Å². The van der Waals surface area contributed by atoms with Crippen LogP contribution in [0.4, 0.5) is 0 Å². The summed E-state index contributed by atoms with van der Waals surface area (Å²) in [7, 11) is 1.75. The summed E-state index contributed by atoms with van der Waals surface area (Å²) < 4.78 is 14.3. The van der Waals surface area contributed by atoms with Crippen LogP contribution in [-0.4, -0.2) is 68.9 Å². The van der Waals surface area contributed by atoms with Crippen LogP contribution in [-0.2, 0) is 34.4 Å². The second-order valence-electron chi connectivity index (χ2n) is 10.5. The summed E-state index contributed by atoms with van der Waals surface area (Å²) in [5.41, 5.74) is 4.17. The number of imidazole rings is 1. The predicted octanol–water partition coefficient (Wildman–Crippen LogP) is 2.86. The third kappa shape index (κ3) is 7.33. The van der Waals surface area contributed by atoms with Crippen molar-refractivity contribution in [2.75, 3.05) is 26.4 Å². The Balaban J connectivity index is 0.000000634. The van der Waals surface area contributed by atoms with Crippen molar-refractivity contribution in [1.29, 1.82) is 0 Å². The van der Waals surface area contributed by atoms with Crippen LogP contribution in [0, 0.1) is 12.8 Å². The van der Waals surface area contributed by atoms with Crippen molar-refractivity contribution in [1.82, 2.24) is 19.4 Å². The highest BCUT2D eigenvalue weighted by Gasteiger charge is 2.23. The number of aromatic nitrogens is 3. The summed E-state index contributed by atoms with van der Waals surface area (Å²) in [4.78, 5) is 28.6. The molecule has 2 aromatic heterocycles. The number of benzene rings is 1. The van der Waals surface area contributed by atoms with Gasteiger partial charge in [-0.05, 0) is 69.2 Å². The van der Waals surface area contributed by atoms with Gasteiger partial charge in [-0.3, -0.25) is 14.9 Å². The van der Waals surface area contributed by atoms with Crippen LogP contribution >= 0.6 is 0 Å². The number of carboxylic acid groups (broad SMARTS) is 1. The molecule has 39 heavy (non-hydrogen) atoms. The van der Waals surface area contributed by atoms with Gasteiger partial charge >= 0.3 is 5.97 Å². The summed E-state index contributed by atoms with van der Waals surface area (Å²) in [6, 6.07) is 6.74. The number of nitrogens with one attached hydrogen (secondary N) is 1. The number of aliphatic hydroxyl groups excluding tert-OH is 1. The Bertz CT molecular complexity index is 1290. The molecule has 0 aliphatic carbocycles. The van der Waals surface area contributed by atoms with Gasteiger partial charge in [0, 0.05) is 63.9 Å². The Hall–Kier alpha value is -3.05. The molecule has 5 rings (SSSR count). The number of nitrogens with zero attached hydrogens (tertiary/aromatic N) is 3. The highest BCUT2D eigenvalue weighted by Crippen LogP contribution is 2.29. The van der Waals surface area contributed by atoms with Gasteiger partial charge in [0.15, 0.2) is 0 Å². The fourth-order valence-corrected chi connectivity index (χ4v) is 5.08. The molecule has 2 aliphatic heterocycles. The lowest BCUT2D eigenvalue weighted by atomic mass is 10.00. The van der Waals surface area contributed by atoms with Crippen LogP contribution in [0.1, 0.15) is 43.7 Å². The number of fused-ring (bicyclic) bond motifs is 1. The molecule has 3 N–H and O–H groups in total. The van der Waals surface area contributed by atoms with Crippen LogP contribution in [0.2, 0.25) is 0 Å². The second kappa shape index (κ2) is 13.3. The van der Waals surface area contributed by atoms with Crippen molar-refractivity contribution in [2.24, 2.45) is 13.0 Å². The Labute approximate surface area is 228 Å². The van der Waals surface area contributed by atoms with E-state index in [1.54, 1.807) is 11.6 Å². The van der Waals surface area contributed by atoms with Gasteiger partial charge in [0.25, 0.3) is 5.56 Å². The molecule has 10 nitrogen and oxygen atoms in total. The molecule has 0 radical (unpaired) electrons. The highest BCUT2D eigenvalue weighted by atomic mass is 16.5. The van der Waals surface area contributed by atoms with Crippen LogP contribution in [0.3, 0.4) is 0 Å². The van der Waals surface area contributed by atoms with E-state index in [0.717, 1.165) is 73.8 Å². The Kier molecular flexibility index (Phi) is 9.90. The minimum absolute atomic E-state index is 0.0321. The minimum Gasteiger partial charge on any atom is -0.480 e. The van der Waals surface area contributed by atoms with Gasteiger partial charge in [0.1, 0.15) is 11.9 Å². The van der Waals surface area contributed by atoms with Crippen LogP contribution < -0.4 is 10.9 Å². The SMILES string of the molecule is C1CCOC1.Cc1cc(-c2nc3cc(CN[C@H](C(=O)O)C(C)O)ccc3n2CC2CCOCC2)cn(C)c1=O.